The summed E-state index contributed by atoms with van der Waals surface area (Å²) in [5.74, 6) is -4.66. The highest BCUT2D eigenvalue weighted by Gasteiger charge is 2.31. The fourth-order valence-corrected chi connectivity index (χ4v) is 3.40. The van der Waals surface area contributed by atoms with Crippen LogP contribution >= 0.6 is 0 Å². The molecular weight excluding hydrogens is 468 g/mol. The summed E-state index contributed by atoms with van der Waals surface area (Å²) in [4.78, 5) is 61.2. The van der Waals surface area contributed by atoms with Gasteiger partial charge < -0.3 is 31.9 Å². The molecule has 0 bridgehead atoms. The summed E-state index contributed by atoms with van der Waals surface area (Å²) in [6.07, 6.45) is -0.408. The molecule has 1 rings (SSSR count). The summed E-state index contributed by atoms with van der Waals surface area (Å²) >= 11 is 0. The smallest absolute Gasteiger partial charge is 0.326 e. The van der Waals surface area contributed by atoms with E-state index in [9.17, 15) is 29.1 Å². The van der Waals surface area contributed by atoms with E-state index in [-0.39, 0.29) is 31.1 Å². The molecule has 1 aromatic carbocycles. The zero-order chi connectivity index (χ0) is 27.4. The number of nitrogens with one attached hydrogen (secondary N) is 3. The van der Waals surface area contributed by atoms with Crippen molar-refractivity contribution in [3.8, 4) is 0 Å². The van der Waals surface area contributed by atoms with Crippen molar-refractivity contribution in [2.45, 2.75) is 77.5 Å². The van der Waals surface area contributed by atoms with Crippen LogP contribution in [0.5, 0.6) is 0 Å². The summed E-state index contributed by atoms with van der Waals surface area (Å²) in [6.45, 7) is 7.22. The van der Waals surface area contributed by atoms with Crippen molar-refractivity contribution in [2.75, 3.05) is 0 Å². The Kier molecular flexibility index (Phi) is 12.6. The van der Waals surface area contributed by atoms with Gasteiger partial charge in [-0.25, -0.2) is 4.79 Å². The second-order valence-corrected chi connectivity index (χ2v) is 9.54. The van der Waals surface area contributed by atoms with E-state index in [0.717, 1.165) is 5.56 Å². The molecule has 11 nitrogen and oxygen atoms in total. The zero-order valence-corrected chi connectivity index (χ0v) is 21.2. The molecule has 0 saturated carbocycles. The Bertz CT molecular complexity index is 905. The lowest BCUT2D eigenvalue weighted by Gasteiger charge is -2.26. The molecule has 200 valence electrons. The molecule has 11 heteroatoms. The topological polar surface area (TPSA) is 188 Å². The molecule has 0 heterocycles. The van der Waals surface area contributed by atoms with Gasteiger partial charge >= 0.3 is 11.9 Å². The normalized spacial score (nSPS) is 14.4. The highest BCUT2D eigenvalue weighted by atomic mass is 16.4. The number of carbonyl (C=O) groups excluding carboxylic acids is 3. The predicted octanol–water partition coefficient (Wildman–Crippen LogP) is 0.662. The van der Waals surface area contributed by atoms with Gasteiger partial charge in [0, 0.05) is 12.8 Å². The minimum Gasteiger partial charge on any atom is -0.481 e. The van der Waals surface area contributed by atoms with Crippen molar-refractivity contribution < 1.29 is 34.2 Å². The van der Waals surface area contributed by atoms with E-state index < -0.39 is 60.2 Å². The Hall–Kier alpha value is -3.47. The van der Waals surface area contributed by atoms with Gasteiger partial charge in [-0.2, -0.15) is 0 Å². The van der Waals surface area contributed by atoms with Crippen LogP contribution < -0.4 is 21.7 Å². The first-order valence-electron chi connectivity index (χ1n) is 12.0. The third-order valence-corrected chi connectivity index (χ3v) is 5.54. The zero-order valence-electron chi connectivity index (χ0n) is 21.2. The predicted molar refractivity (Wildman–Crippen MR) is 133 cm³/mol. The summed E-state index contributed by atoms with van der Waals surface area (Å²) in [6, 6.07) is 4.61. The van der Waals surface area contributed by atoms with Crippen LogP contribution in [0.1, 0.15) is 52.5 Å². The Morgan fingerprint density at radius 1 is 0.806 bits per heavy atom. The molecule has 0 aliphatic carbocycles. The fourth-order valence-electron chi connectivity index (χ4n) is 3.40. The second kappa shape index (κ2) is 14.8. The molecule has 7 N–H and O–H groups in total. The van der Waals surface area contributed by atoms with Crippen LogP contribution in [-0.2, 0) is 30.4 Å². The van der Waals surface area contributed by atoms with E-state index >= 15 is 0 Å². The van der Waals surface area contributed by atoms with Crippen LogP contribution in [0.2, 0.25) is 0 Å². The van der Waals surface area contributed by atoms with Gasteiger partial charge in [-0.1, -0.05) is 58.0 Å². The number of amides is 3. The highest BCUT2D eigenvalue weighted by molar-refractivity contribution is 5.94. The number of hydrogen-bond acceptors (Lipinski definition) is 6. The first-order valence-corrected chi connectivity index (χ1v) is 12.0. The Balaban J connectivity index is 3.09. The standard InChI is InChI=1S/C25H38N4O7/c1-14(2)12-18(22(32)27-17(25(35)36)10-11-20(30)31)28-23(33)19(13-16-8-6-5-7-9-16)29-24(34)21(26)15(3)4/h5-9,14-15,17-19,21H,10-13,26H2,1-4H3,(H,27,32)(H,28,33)(H,29,34)(H,30,31)(H,35,36). The lowest BCUT2D eigenvalue weighted by molar-refractivity contribution is -0.143. The number of carboxylic acids is 2. The Morgan fingerprint density at radius 3 is 1.83 bits per heavy atom. The third kappa shape index (κ3) is 10.9. The average molecular weight is 507 g/mol. The van der Waals surface area contributed by atoms with Crippen LogP contribution in [0.25, 0.3) is 0 Å². The molecule has 1 aromatic rings. The first-order chi connectivity index (χ1) is 16.8. The van der Waals surface area contributed by atoms with Crippen LogP contribution in [0, 0.1) is 11.8 Å². The third-order valence-electron chi connectivity index (χ3n) is 5.54. The monoisotopic (exact) mass is 506 g/mol. The maximum Gasteiger partial charge on any atom is 0.326 e. The van der Waals surface area contributed by atoms with E-state index in [0.29, 0.717) is 0 Å². The van der Waals surface area contributed by atoms with Crippen molar-refractivity contribution in [1.82, 2.24) is 16.0 Å². The largest absolute Gasteiger partial charge is 0.481 e. The Labute approximate surface area is 211 Å². The molecule has 0 spiro atoms. The molecule has 4 unspecified atom stereocenters. The van der Waals surface area contributed by atoms with Crippen molar-refractivity contribution in [3.63, 3.8) is 0 Å². The van der Waals surface area contributed by atoms with E-state index in [4.69, 9.17) is 10.8 Å². The van der Waals surface area contributed by atoms with E-state index in [1.54, 1.807) is 38.1 Å². The minimum atomic E-state index is -1.43. The molecule has 0 aliphatic rings. The maximum atomic E-state index is 13.3. The average Bonchev–Trinajstić information content (AvgIpc) is 2.79. The highest BCUT2D eigenvalue weighted by Crippen LogP contribution is 2.10. The maximum absolute atomic E-state index is 13.3. The second-order valence-electron chi connectivity index (χ2n) is 9.54. The number of rotatable bonds is 15. The molecular formula is C25H38N4O7. The van der Waals surface area contributed by atoms with Gasteiger partial charge in [0.15, 0.2) is 0 Å². The molecule has 3 amide bonds. The van der Waals surface area contributed by atoms with Crippen LogP contribution in [-0.4, -0.2) is 64.0 Å². The SMILES string of the molecule is CC(C)CC(NC(=O)C(Cc1ccccc1)NC(=O)C(N)C(C)C)C(=O)NC(CCC(=O)O)C(=O)O. The number of aliphatic carboxylic acids is 2. The summed E-state index contributed by atoms with van der Waals surface area (Å²) < 4.78 is 0. The van der Waals surface area contributed by atoms with Crippen molar-refractivity contribution in [1.29, 1.82) is 0 Å². The van der Waals surface area contributed by atoms with Crippen LogP contribution in [0.15, 0.2) is 30.3 Å². The fraction of sp³-hybridized carbons (Fsp3) is 0.560. The summed E-state index contributed by atoms with van der Waals surface area (Å²) in [5, 5.41) is 25.8. The molecule has 0 saturated heterocycles. The van der Waals surface area contributed by atoms with Gasteiger partial charge in [0.25, 0.3) is 0 Å². The molecule has 0 aliphatic heterocycles. The molecule has 4 atom stereocenters. The summed E-state index contributed by atoms with van der Waals surface area (Å²) in [7, 11) is 0. The van der Waals surface area contributed by atoms with Gasteiger partial charge in [0.2, 0.25) is 17.7 Å². The minimum absolute atomic E-state index is 0.0418. The van der Waals surface area contributed by atoms with Gasteiger partial charge in [-0.15, -0.1) is 0 Å². The van der Waals surface area contributed by atoms with Gasteiger partial charge in [0.05, 0.1) is 6.04 Å². The van der Waals surface area contributed by atoms with Crippen LogP contribution in [0.4, 0.5) is 0 Å². The van der Waals surface area contributed by atoms with E-state index in [1.165, 1.54) is 0 Å². The number of carbonyl (C=O) groups is 5. The number of hydrogen-bond donors (Lipinski definition) is 6. The van der Waals surface area contributed by atoms with Gasteiger partial charge in [-0.05, 0) is 30.2 Å². The van der Waals surface area contributed by atoms with Crippen molar-refractivity contribution >= 4 is 29.7 Å². The van der Waals surface area contributed by atoms with Crippen LogP contribution in [0.3, 0.4) is 0 Å². The molecule has 0 aromatic heterocycles. The van der Waals surface area contributed by atoms with Gasteiger partial charge in [0.1, 0.15) is 18.1 Å². The number of nitrogens with two attached hydrogens (primary N) is 1. The number of benzene rings is 1. The van der Waals surface area contributed by atoms with E-state index in [2.05, 4.69) is 16.0 Å². The first kappa shape index (κ1) is 30.6. The van der Waals surface area contributed by atoms with E-state index in [1.807, 2.05) is 19.9 Å². The molecule has 36 heavy (non-hydrogen) atoms. The van der Waals surface area contributed by atoms with Gasteiger partial charge in [-0.3, -0.25) is 19.2 Å². The number of carboxylic acid groups (broad SMARTS) is 2. The lowest BCUT2D eigenvalue weighted by Crippen LogP contribution is -2.58. The molecule has 0 radical (unpaired) electrons. The van der Waals surface area contributed by atoms with Crippen molar-refractivity contribution in [3.05, 3.63) is 35.9 Å². The lowest BCUT2D eigenvalue weighted by atomic mass is 9.99. The summed E-state index contributed by atoms with van der Waals surface area (Å²) in [5.41, 5.74) is 6.72. The molecule has 0 fully saturated rings. The van der Waals surface area contributed by atoms with Crippen molar-refractivity contribution in [2.24, 2.45) is 17.6 Å². The Morgan fingerprint density at radius 2 is 1.33 bits per heavy atom. The quantitative estimate of drug-likeness (QED) is 0.200.